The SMILES string of the molecule is COCCN1C[C@@]2(CCCN(C(=O)CCCn3cncn3)C2)CCC1=O. The normalized spacial score (nSPS) is 23.7. The number of methoxy groups -OCH3 is 1. The fourth-order valence-corrected chi connectivity index (χ4v) is 4.16. The number of carbonyl (C=O) groups is 2. The lowest BCUT2D eigenvalue weighted by Crippen LogP contribution is -2.55. The molecule has 1 aromatic rings. The maximum atomic E-state index is 12.7. The van der Waals surface area contributed by atoms with E-state index in [1.807, 2.05) is 9.80 Å². The van der Waals surface area contributed by atoms with Gasteiger partial charge in [0.2, 0.25) is 11.8 Å². The fraction of sp³-hybridized carbons (Fsp3) is 0.778. The molecule has 2 fully saturated rings. The van der Waals surface area contributed by atoms with Crippen LogP contribution in [0.2, 0.25) is 0 Å². The van der Waals surface area contributed by atoms with Crippen LogP contribution in [0.4, 0.5) is 0 Å². The van der Waals surface area contributed by atoms with Gasteiger partial charge in [-0.2, -0.15) is 5.10 Å². The Labute approximate surface area is 154 Å². The van der Waals surface area contributed by atoms with Gasteiger partial charge in [0.05, 0.1) is 6.61 Å². The zero-order chi connectivity index (χ0) is 18.4. The number of likely N-dealkylation sites (tertiary alicyclic amines) is 2. The Kier molecular flexibility index (Phi) is 6.24. The zero-order valence-corrected chi connectivity index (χ0v) is 15.6. The smallest absolute Gasteiger partial charge is 0.222 e. The first kappa shape index (κ1) is 18.8. The largest absolute Gasteiger partial charge is 0.383 e. The molecule has 1 spiro atoms. The van der Waals surface area contributed by atoms with Crippen molar-refractivity contribution < 1.29 is 14.3 Å². The molecule has 0 saturated carbocycles. The Balaban J connectivity index is 1.52. The van der Waals surface area contributed by atoms with Gasteiger partial charge in [-0.3, -0.25) is 14.3 Å². The molecule has 0 radical (unpaired) electrons. The van der Waals surface area contributed by atoms with E-state index in [9.17, 15) is 9.59 Å². The fourth-order valence-electron chi connectivity index (χ4n) is 4.16. The van der Waals surface area contributed by atoms with Gasteiger partial charge in [-0.25, -0.2) is 4.98 Å². The molecule has 2 amide bonds. The monoisotopic (exact) mass is 363 g/mol. The van der Waals surface area contributed by atoms with Crippen LogP contribution < -0.4 is 0 Å². The maximum Gasteiger partial charge on any atom is 0.222 e. The number of hydrogen-bond acceptors (Lipinski definition) is 5. The Hall–Kier alpha value is -1.96. The Morgan fingerprint density at radius 2 is 2.19 bits per heavy atom. The van der Waals surface area contributed by atoms with Crippen molar-refractivity contribution >= 4 is 11.8 Å². The first-order valence-corrected chi connectivity index (χ1v) is 9.49. The highest BCUT2D eigenvalue weighted by Crippen LogP contribution is 2.39. The summed E-state index contributed by atoms with van der Waals surface area (Å²) in [6.07, 6.45) is 8.06. The maximum absolute atomic E-state index is 12.7. The molecule has 3 heterocycles. The second-order valence-electron chi connectivity index (χ2n) is 7.49. The van der Waals surface area contributed by atoms with Gasteiger partial charge in [-0.05, 0) is 25.7 Å². The number of rotatable bonds is 7. The van der Waals surface area contributed by atoms with Gasteiger partial charge in [0.25, 0.3) is 0 Å². The van der Waals surface area contributed by atoms with E-state index in [1.165, 1.54) is 6.33 Å². The van der Waals surface area contributed by atoms with Crippen molar-refractivity contribution in [2.24, 2.45) is 5.41 Å². The van der Waals surface area contributed by atoms with Crippen LogP contribution in [-0.2, 0) is 20.9 Å². The summed E-state index contributed by atoms with van der Waals surface area (Å²) in [6, 6.07) is 0. The Morgan fingerprint density at radius 1 is 1.31 bits per heavy atom. The number of amides is 2. The van der Waals surface area contributed by atoms with E-state index >= 15 is 0 Å². The zero-order valence-electron chi connectivity index (χ0n) is 15.6. The molecule has 3 rings (SSSR count). The quantitative estimate of drug-likeness (QED) is 0.720. The molecule has 0 N–H and O–H groups in total. The van der Waals surface area contributed by atoms with Crippen LogP contribution in [0.1, 0.15) is 38.5 Å². The number of carbonyl (C=O) groups excluding carboxylic acids is 2. The second-order valence-corrected chi connectivity index (χ2v) is 7.49. The van der Waals surface area contributed by atoms with Crippen LogP contribution in [0, 0.1) is 5.41 Å². The lowest BCUT2D eigenvalue weighted by atomic mass is 9.73. The molecule has 0 unspecified atom stereocenters. The van der Waals surface area contributed by atoms with E-state index in [4.69, 9.17) is 4.74 Å². The third-order valence-corrected chi connectivity index (χ3v) is 5.57. The van der Waals surface area contributed by atoms with Crippen molar-refractivity contribution in [1.82, 2.24) is 24.6 Å². The predicted octanol–water partition coefficient (Wildman–Crippen LogP) is 0.936. The standard InChI is InChI=1S/C18H29N5O3/c1-26-11-10-22-13-18(7-5-17(22)25)6-3-8-21(12-18)16(24)4-2-9-23-15-19-14-20-23/h14-15H,2-13H2,1H3/t18-/m0/s1. The van der Waals surface area contributed by atoms with Crippen molar-refractivity contribution in [3.05, 3.63) is 12.7 Å². The highest BCUT2D eigenvalue weighted by molar-refractivity contribution is 5.78. The highest BCUT2D eigenvalue weighted by atomic mass is 16.5. The molecule has 1 atom stereocenters. The van der Waals surface area contributed by atoms with E-state index in [1.54, 1.807) is 18.1 Å². The Morgan fingerprint density at radius 3 is 2.96 bits per heavy atom. The van der Waals surface area contributed by atoms with Crippen LogP contribution in [-0.4, -0.2) is 76.3 Å². The van der Waals surface area contributed by atoms with Crippen LogP contribution in [0.3, 0.4) is 0 Å². The molecular weight excluding hydrogens is 334 g/mol. The molecule has 0 aliphatic carbocycles. The van der Waals surface area contributed by atoms with Crippen LogP contribution in [0.5, 0.6) is 0 Å². The number of aryl methyl sites for hydroxylation is 1. The summed E-state index contributed by atoms with van der Waals surface area (Å²) in [6.45, 7) is 4.26. The minimum atomic E-state index is 0.0570. The number of hydrogen-bond donors (Lipinski definition) is 0. The molecule has 0 bridgehead atoms. The molecule has 2 aliphatic rings. The summed E-state index contributed by atoms with van der Waals surface area (Å²) in [5.74, 6) is 0.425. The number of ether oxygens (including phenoxy) is 1. The van der Waals surface area contributed by atoms with Crippen molar-refractivity contribution in [1.29, 1.82) is 0 Å². The van der Waals surface area contributed by atoms with Crippen molar-refractivity contribution in [3.63, 3.8) is 0 Å². The minimum absolute atomic E-state index is 0.0570. The number of piperidine rings is 2. The third kappa shape index (κ3) is 4.60. The lowest BCUT2D eigenvalue weighted by Gasteiger charge is -2.48. The van der Waals surface area contributed by atoms with Gasteiger partial charge in [-0.15, -0.1) is 0 Å². The molecule has 8 heteroatoms. The van der Waals surface area contributed by atoms with E-state index < -0.39 is 0 Å². The van der Waals surface area contributed by atoms with Crippen LogP contribution in [0.15, 0.2) is 12.7 Å². The molecular formula is C18H29N5O3. The van der Waals surface area contributed by atoms with Gasteiger partial charge in [0, 0.05) is 58.1 Å². The van der Waals surface area contributed by atoms with E-state index in [0.29, 0.717) is 32.5 Å². The van der Waals surface area contributed by atoms with Gasteiger partial charge >= 0.3 is 0 Å². The molecule has 26 heavy (non-hydrogen) atoms. The van der Waals surface area contributed by atoms with E-state index in [2.05, 4.69) is 10.1 Å². The molecule has 1 aromatic heterocycles. The summed E-state index contributed by atoms with van der Waals surface area (Å²) in [5.41, 5.74) is 0.0570. The summed E-state index contributed by atoms with van der Waals surface area (Å²) < 4.78 is 6.89. The van der Waals surface area contributed by atoms with Crippen molar-refractivity contribution in [2.45, 2.75) is 45.1 Å². The van der Waals surface area contributed by atoms with Gasteiger partial charge in [0.15, 0.2) is 0 Å². The Bertz CT molecular complexity index is 606. The molecule has 2 saturated heterocycles. The van der Waals surface area contributed by atoms with Crippen molar-refractivity contribution in [2.75, 3.05) is 39.9 Å². The lowest BCUT2D eigenvalue weighted by molar-refractivity contribution is -0.143. The third-order valence-electron chi connectivity index (χ3n) is 5.57. The van der Waals surface area contributed by atoms with Gasteiger partial charge in [-0.1, -0.05) is 0 Å². The van der Waals surface area contributed by atoms with Crippen LogP contribution >= 0.6 is 0 Å². The average Bonchev–Trinajstić information content (AvgIpc) is 3.16. The molecule has 0 aromatic carbocycles. The highest BCUT2D eigenvalue weighted by Gasteiger charge is 2.42. The van der Waals surface area contributed by atoms with Crippen LogP contribution in [0.25, 0.3) is 0 Å². The average molecular weight is 363 g/mol. The number of aromatic nitrogens is 3. The first-order valence-electron chi connectivity index (χ1n) is 9.49. The van der Waals surface area contributed by atoms with Gasteiger partial charge in [0.1, 0.15) is 12.7 Å². The first-order chi connectivity index (χ1) is 12.6. The molecule has 144 valence electrons. The van der Waals surface area contributed by atoms with Gasteiger partial charge < -0.3 is 14.5 Å². The summed E-state index contributed by atoms with van der Waals surface area (Å²) in [4.78, 5) is 32.7. The predicted molar refractivity (Wildman–Crippen MR) is 95.2 cm³/mol. The molecule has 8 nitrogen and oxygen atoms in total. The van der Waals surface area contributed by atoms with Crippen molar-refractivity contribution in [3.8, 4) is 0 Å². The summed E-state index contributed by atoms with van der Waals surface area (Å²) in [5, 5.41) is 4.07. The topological polar surface area (TPSA) is 80.6 Å². The number of nitrogens with zero attached hydrogens (tertiary/aromatic N) is 5. The van der Waals surface area contributed by atoms with E-state index in [-0.39, 0.29) is 17.2 Å². The summed E-state index contributed by atoms with van der Waals surface area (Å²) in [7, 11) is 1.66. The molecule has 2 aliphatic heterocycles. The summed E-state index contributed by atoms with van der Waals surface area (Å²) >= 11 is 0. The second kappa shape index (κ2) is 8.62. The van der Waals surface area contributed by atoms with E-state index in [0.717, 1.165) is 45.3 Å². The minimum Gasteiger partial charge on any atom is -0.383 e.